The van der Waals surface area contributed by atoms with Crippen LogP contribution in [0.4, 0.5) is 0 Å². The molecular weight excluding hydrogens is 252 g/mol. The molecule has 0 fully saturated rings. The van der Waals surface area contributed by atoms with Crippen molar-refractivity contribution in [2.75, 3.05) is 0 Å². The lowest BCUT2D eigenvalue weighted by molar-refractivity contribution is 0.652. The van der Waals surface area contributed by atoms with Crippen LogP contribution in [0.5, 0.6) is 0 Å². The van der Waals surface area contributed by atoms with E-state index in [-0.39, 0.29) is 5.69 Å². The van der Waals surface area contributed by atoms with Crippen molar-refractivity contribution in [3.05, 3.63) is 21.7 Å². The Hall–Kier alpha value is -1.54. The molecule has 2 rings (SSSR count). The number of rotatable bonds is 4. The Labute approximate surface area is 108 Å². The molecule has 0 aliphatic rings. The van der Waals surface area contributed by atoms with Gasteiger partial charge in [-0.3, -0.25) is 9.25 Å². The zero-order chi connectivity index (χ0) is 13.3. The number of nitrogens with one attached hydrogen (secondary N) is 1. The van der Waals surface area contributed by atoms with Crippen molar-refractivity contribution in [2.45, 2.75) is 37.1 Å². The van der Waals surface area contributed by atoms with E-state index in [0.29, 0.717) is 18.2 Å². The maximum absolute atomic E-state index is 11.5. The standard InChI is InChI=1S/C10H16N6OS/c1-4-16-9(17)12-13-10(16)18-8-7(5-11)6(2)14-15(8)3/h4-5,11H2,1-3H3,(H,12,17). The summed E-state index contributed by atoms with van der Waals surface area (Å²) < 4.78 is 3.34. The van der Waals surface area contributed by atoms with Crippen LogP contribution in [0.1, 0.15) is 18.2 Å². The molecule has 7 nitrogen and oxygen atoms in total. The Morgan fingerprint density at radius 3 is 2.83 bits per heavy atom. The van der Waals surface area contributed by atoms with Crippen LogP contribution in [0.25, 0.3) is 0 Å². The summed E-state index contributed by atoms with van der Waals surface area (Å²) in [6.45, 7) is 4.82. The predicted molar refractivity (Wildman–Crippen MR) is 68.5 cm³/mol. The summed E-state index contributed by atoms with van der Waals surface area (Å²) in [6, 6.07) is 0. The first-order valence-electron chi connectivity index (χ1n) is 5.64. The normalized spacial score (nSPS) is 11.1. The second-order valence-corrected chi connectivity index (χ2v) is 4.81. The number of hydrogen-bond acceptors (Lipinski definition) is 5. The van der Waals surface area contributed by atoms with Crippen LogP contribution < -0.4 is 11.4 Å². The highest BCUT2D eigenvalue weighted by Crippen LogP contribution is 2.29. The summed E-state index contributed by atoms with van der Waals surface area (Å²) in [6.07, 6.45) is 0. The molecule has 0 unspecified atom stereocenters. The first-order valence-corrected chi connectivity index (χ1v) is 6.45. The van der Waals surface area contributed by atoms with Gasteiger partial charge < -0.3 is 5.73 Å². The average molecular weight is 268 g/mol. The fourth-order valence-corrected chi connectivity index (χ4v) is 2.90. The van der Waals surface area contributed by atoms with E-state index >= 15 is 0 Å². The fourth-order valence-electron chi connectivity index (χ4n) is 1.79. The summed E-state index contributed by atoms with van der Waals surface area (Å²) >= 11 is 1.40. The van der Waals surface area contributed by atoms with Crippen LogP contribution in [0, 0.1) is 6.92 Å². The number of H-pyrrole nitrogens is 1. The maximum atomic E-state index is 11.5. The molecule has 0 radical (unpaired) electrons. The van der Waals surface area contributed by atoms with E-state index in [1.54, 1.807) is 9.25 Å². The van der Waals surface area contributed by atoms with E-state index in [4.69, 9.17) is 5.73 Å². The molecule has 3 N–H and O–H groups in total. The molecule has 0 aliphatic heterocycles. The van der Waals surface area contributed by atoms with Crippen LogP contribution in [0.15, 0.2) is 15.0 Å². The zero-order valence-corrected chi connectivity index (χ0v) is 11.4. The summed E-state index contributed by atoms with van der Waals surface area (Å²) in [7, 11) is 1.86. The van der Waals surface area contributed by atoms with Gasteiger partial charge in [-0.15, -0.1) is 5.10 Å². The number of aromatic nitrogens is 5. The van der Waals surface area contributed by atoms with Gasteiger partial charge in [0.05, 0.1) is 5.69 Å². The molecule has 0 atom stereocenters. The number of nitrogens with two attached hydrogens (primary N) is 1. The van der Waals surface area contributed by atoms with Gasteiger partial charge in [-0.1, -0.05) is 0 Å². The molecule has 18 heavy (non-hydrogen) atoms. The largest absolute Gasteiger partial charge is 0.343 e. The number of aromatic amines is 1. The van der Waals surface area contributed by atoms with Crippen LogP contribution in [0.2, 0.25) is 0 Å². The molecule has 2 aromatic rings. The van der Waals surface area contributed by atoms with Gasteiger partial charge >= 0.3 is 5.69 Å². The van der Waals surface area contributed by atoms with E-state index in [0.717, 1.165) is 16.3 Å². The van der Waals surface area contributed by atoms with Crippen LogP contribution in [0.3, 0.4) is 0 Å². The summed E-state index contributed by atoms with van der Waals surface area (Å²) in [5, 5.41) is 12.3. The van der Waals surface area contributed by atoms with Crippen LogP contribution in [-0.2, 0) is 20.1 Å². The van der Waals surface area contributed by atoms with E-state index in [1.807, 2.05) is 20.9 Å². The first kappa shape index (κ1) is 12.9. The second kappa shape index (κ2) is 4.99. The molecule has 0 spiro atoms. The average Bonchev–Trinajstić information content (AvgIpc) is 2.81. The van der Waals surface area contributed by atoms with Crippen molar-refractivity contribution in [2.24, 2.45) is 12.8 Å². The number of nitrogens with zero attached hydrogens (tertiary/aromatic N) is 4. The predicted octanol–water partition coefficient (Wildman–Crippen LogP) is 0.243. The van der Waals surface area contributed by atoms with Gasteiger partial charge in [0.15, 0.2) is 5.16 Å². The van der Waals surface area contributed by atoms with Gasteiger partial charge in [0, 0.05) is 25.7 Å². The lowest BCUT2D eigenvalue weighted by atomic mass is 10.3. The lowest BCUT2D eigenvalue weighted by Crippen LogP contribution is -2.16. The van der Waals surface area contributed by atoms with Gasteiger partial charge in [0.25, 0.3) is 0 Å². The van der Waals surface area contributed by atoms with Gasteiger partial charge in [0.2, 0.25) is 0 Å². The molecule has 2 aromatic heterocycles. The van der Waals surface area contributed by atoms with Gasteiger partial charge in [0.1, 0.15) is 5.03 Å². The van der Waals surface area contributed by atoms with Crippen molar-refractivity contribution in [1.29, 1.82) is 0 Å². The molecule has 8 heteroatoms. The highest BCUT2D eigenvalue weighted by Gasteiger charge is 2.16. The minimum Gasteiger partial charge on any atom is -0.326 e. The molecule has 0 aromatic carbocycles. The van der Waals surface area contributed by atoms with E-state index in [1.165, 1.54) is 11.8 Å². The van der Waals surface area contributed by atoms with E-state index in [9.17, 15) is 4.79 Å². The third kappa shape index (κ3) is 2.08. The Kier molecular flexibility index (Phi) is 3.58. The summed E-state index contributed by atoms with van der Waals surface area (Å²) in [5.74, 6) is 0. The molecule has 2 heterocycles. The fraction of sp³-hybridized carbons (Fsp3) is 0.500. The molecule has 0 amide bonds. The Morgan fingerprint density at radius 2 is 2.22 bits per heavy atom. The van der Waals surface area contributed by atoms with Crippen molar-refractivity contribution >= 4 is 11.8 Å². The maximum Gasteiger partial charge on any atom is 0.343 e. The second-order valence-electron chi connectivity index (χ2n) is 3.85. The quantitative estimate of drug-likeness (QED) is 0.828. The van der Waals surface area contributed by atoms with Gasteiger partial charge in [-0.2, -0.15) is 5.10 Å². The van der Waals surface area contributed by atoms with Crippen molar-refractivity contribution in [3.8, 4) is 0 Å². The lowest BCUT2D eigenvalue weighted by Gasteiger charge is -2.04. The summed E-state index contributed by atoms with van der Waals surface area (Å²) in [5.41, 5.74) is 7.42. The van der Waals surface area contributed by atoms with E-state index in [2.05, 4.69) is 15.3 Å². The van der Waals surface area contributed by atoms with Crippen molar-refractivity contribution in [3.63, 3.8) is 0 Å². The molecular formula is C10H16N6OS. The number of hydrogen-bond donors (Lipinski definition) is 2. The minimum atomic E-state index is -0.201. The van der Waals surface area contributed by atoms with Gasteiger partial charge in [-0.05, 0) is 25.6 Å². The Balaban J connectivity index is 2.42. The van der Waals surface area contributed by atoms with Crippen LogP contribution in [-0.4, -0.2) is 24.5 Å². The topological polar surface area (TPSA) is 94.5 Å². The first-order chi connectivity index (χ1) is 8.58. The monoisotopic (exact) mass is 268 g/mol. The molecule has 0 saturated carbocycles. The zero-order valence-electron chi connectivity index (χ0n) is 10.6. The Morgan fingerprint density at radius 1 is 1.50 bits per heavy atom. The molecule has 0 bridgehead atoms. The smallest absolute Gasteiger partial charge is 0.326 e. The SMILES string of the molecule is CCn1c(Sc2c(CN)c(C)nn2C)n[nH]c1=O. The molecule has 0 saturated heterocycles. The van der Waals surface area contributed by atoms with Crippen LogP contribution >= 0.6 is 11.8 Å². The summed E-state index contributed by atoms with van der Waals surface area (Å²) in [4.78, 5) is 11.5. The van der Waals surface area contributed by atoms with Crippen molar-refractivity contribution < 1.29 is 0 Å². The van der Waals surface area contributed by atoms with Crippen molar-refractivity contribution in [1.82, 2.24) is 24.5 Å². The third-order valence-electron chi connectivity index (χ3n) is 2.72. The van der Waals surface area contributed by atoms with Gasteiger partial charge in [-0.25, -0.2) is 9.89 Å². The highest BCUT2D eigenvalue weighted by molar-refractivity contribution is 7.99. The highest BCUT2D eigenvalue weighted by atomic mass is 32.2. The Bertz CT molecular complexity index is 610. The third-order valence-corrected chi connectivity index (χ3v) is 3.92. The number of aryl methyl sites for hydroxylation is 2. The molecule has 98 valence electrons. The molecule has 0 aliphatic carbocycles. The minimum absolute atomic E-state index is 0.201. The van der Waals surface area contributed by atoms with E-state index < -0.39 is 0 Å².